The predicted molar refractivity (Wildman–Crippen MR) is 106 cm³/mol. The van der Waals surface area contributed by atoms with E-state index in [0.29, 0.717) is 5.69 Å². The molecule has 1 N–H and O–H groups in total. The highest BCUT2D eigenvalue weighted by Crippen LogP contribution is 2.19. The van der Waals surface area contributed by atoms with Gasteiger partial charge in [-0.15, -0.1) is 0 Å². The number of hydrogen-bond acceptors (Lipinski definition) is 4. The maximum atomic E-state index is 12.7. The first-order chi connectivity index (χ1) is 12.8. The molecule has 7 heteroatoms. The van der Waals surface area contributed by atoms with Crippen LogP contribution in [0.3, 0.4) is 0 Å². The molecule has 0 saturated heterocycles. The van der Waals surface area contributed by atoms with Crippen molar-refractivity contribution in [1.29, 1.82) is 0 Å². The lowest BCUT2D eigenvalue weighted by Crippen LogP contribution is -2.35. The van der Waals surface area contributed by atoms with E-state index in [-0.39, 0.29) is 11.4 Å². The largest absolute Gasteiger partial charge is 0.324 e. The van der Waals surface area contributed by atoms with Crippen molar-refractivity contribution in [2.45, 2.75) is 18.7 Å². The van der Waals surface area contributed by atoms with Gasteiger partial charge in [0.1, 0.15) is 0 Å². The molecule has 3 aromatic rings. The average molecular weight is 383 g/mol. The quantitative estimate of drug-likeness (QED) is 0.734. The van der Waals surface area contributed by atoms with Crippen molar-refractivity contribution in [1.82, 2.24) is 9.29 Å². The molecule has 27 heavy (non-hydrogen) atoms. The smallest absolute Gasteiger partial charge is 0.243 e. The van der Waals surface area contributed by atoms with Crippen molar-refractivity contribution in [2.24, 2.45) is 0 Å². The highest BCUT2D eigenvalue weighted by atomic mass is 32.2. The summed E-state index contributed by atoms with van der Waals surface area (Å²) in [5.74, 6) is -0.429. The first-order valence-electron chi connectivity index (χ1n) is 8.45. The van der Waals surface area contributed by atoms with E-state index in [1.54, 1.807) is 30.5 Å². The number of sulfonamides is 1. The zero-order valence-electron chi connectivity index (χ0n) is 15.4. The molecule has 0 bridgehead atoms. The normalized spacial score (nSPS) is 11.7. The number of aryl methyl sites for hydroxylation is 2. The molecule has 1 heterocycles. The Morgan fingerprint density at radius 3 is 2.56 bits per heavy atom. The monoisotopic (exact) mass is 383 g/mol. The van der Waals surface area contributed by atoms with Crippen LogP contribution in [0.1, 0.15) is 11.1 Å². The summed E-state index contributed by atoms with van der Waals surface area (Å²) < 4.78 is 26.4. The Morgan fingerprint density at radius 1 is 1.07 bits per heavy atom. The molecular weight excluding hydrogens is 362 g/mol. The Bertz CT molecular complexity index is 1110. The Balaban J connectivity index is 1.72. The van der Waals surface area contributed by atoms with Gasteiger partial charge in [0.15, 0.2) is 0 Å². The van der Waals surface area contributed by atoms with Gasteiger partial charge in [-0.1, -0.05) is 24.3 Å². The van der Waals surface area contributed by atoms with E-state index in [2.05, 4.69) is 10.3 Å². The van der Waals surface area contributed by atoms with Crippen molar-refractivity contribution in [3.8, 4) is 0 Å². The standard InChI is InChI=1S/C20H21N3O3S/c1-14-8-9-18(10-15(14)2)27(25,26)23(3)13-20(24)22-17-11-16-6-4-5-7-19(16)21-12-17/h4-12H,13H2,1-3H3,(H,22,24). The van der Waals surface area contributed by atoms with E-state index in [0.717, 1.165) is 26.3 Å². The van der Waals surface area contributed by atoms with Crippen LogP contribution in [0.4, 0.5) is 5.69 Å². The Hall–Kier alpha value is -2.77. The third-order valence-electron chi connectivity index (χ3n) is 4.43. The van der Waals surface area contributed by atoms with E-state index in [9.17, 15) is 13.2 Å². The number of hydrogen-bond donors (Lipinski definition) is 1. The number of nitrogens with one attached hydrogen (secondary N) is 1. The van der Waals surface area contributed by atoms with Crippen LogP contribution in [0.25, 0.3) is 10.9 Å². The van der Waals surface area contributed by atoms with Crippen LogP contribution >= 0.6 is 0 Å². The lowest BCUT2D eigenvalue weighted by Gasteiger charge is -2.17. The van der Waals surface area contributed by atoms with E-state index in [4.69, 9.17) is 0 Å². The lowest BCUT2D eigenvalue weighted by molar-refractivity contribution is -0.116. The molecule has 2 aromatic carbocycles. The van der Waals surface area contributed by atoms with Gasteiger partial charge < -0.3 is 5.32 Å². The minimum absolute atomic E-state index is 0.174. The number of likely N-dealkylation sites (N-methyl/N-ethyl adjacent to an activating group) is 1. The maximum absolute atomic E-state index is 12.7. The highest BCUT2D eigenvalue weighted by Gasteiger charge is 2.23. The van der Waals surface area contributed by atoms with Gasteiger partial charge in [-0.25, -0.2) is 8.42 Å². The molecule has 6 nitrogen and oxygen atoms in total. The average Bonchev–Trinajstić information content (AvgIpc) is 2.63. The number of fused-ring (bicyclic) bond motifs is 1. The summed E-state index contributed by atoms with van der Waals surface area (Å²) in [5, 5.41) is 3.60. The number of nitrogens with zero attached hydrogens (tertiary/aromatic N) is 2. The predicted octanol–water partition coefficient (Wildman–Crippen LogP) is 3.11. The van der Waals surface area contributed by atoms with Crippen LogP contribution in [-0.2, 0) is 14.8 Å². The number of pyridine rings is 1. The summed E-state index contributed by atoms with van der Waals surface area (Å²) in [6.45, 7) is 3.48. The summed E-state index contributed by atoms with van der Waals surface area (Å²) in [4.78, 5) is 16.8. The number of carbonyl (C=O) groups is 1. The van der Waals surface area contributed by atoms with Crippen LogP contribution < -0.4 is 5.32 Å². The molecule has 0 aliphatic heterocycles. The molecule has 0 fully saturated rings. The van der Waals surface area contributed by atoms with E-state index >= 15 is 0 Å². The van der Waals surface area contributed by atoms with Gasteiger partial charge in [-0.05, 0) is 49.2 Å². The molecular formula is C20H21N3O3S. The number of amides is 1. The maximum Gasteiger partial charge on any atom is 0.243 e. The van der Waals surface area contributed by atoms with Crippen LogP contribution in [-0.4, -0.2) is 37.2 Å². The third-order valence-corrected chi connectivity index (χ3v) is 6.23. The number of anilines is 1. The molecule has 0 saturated carbocycles. The highest BCUT2D eigenvalue weighted by molar-refractivity contribution is 7.89. The third kappa shape index (κ3) is 4.15. The summed E-state index contributed by atoms with van der Waals surface area (Å²) in [6, 6.07) is 14.3. The summed E-state index contributed by atoms with van der Waals surface area (Å²) >= 11 is 0. The van der Waals surface area contributed by atoms with Gasteiger partial charge in [0.2, 0.25) is 15.9 Å². The first kappa shape index (κ1) is 19.0. The first-order valence-corrected chi connectivity index (χ1v) is 9.89. The van der Waals surface area contributed by atoms with E-state index in [1.807, 2.05) is 38.1 Å². The van der Waals surface area contributed by atoms with E-state index < -0.39 is 15.9 Å². The fraction of sp³-hybridized carbons (Fsp3) is 0.200. The van der Waals surface area contributed by atoms with Gasteiger partial charge in [0, 0.05) is 12.4 Å². The second-order valence-corrected chi connectivity index (χ2v) is 8.52. The lowest BCUT2D eigenvalue weighted by atomic mass is 10.1. The summed E-state index contributed by atoms with van der Waals surface area (Å²) in [7, 11) is -2.35. The molecule has 0 aliphatic carbocycles. The number of para-hydroxylation sites is 1. The van der Waals surface area contributed by atoms with Crippen LogP contribution in [0.5, 0.6) is 0 Å². The Labute approximate surface area is 158 Å². The molecule has 0 unspecified atom stereocenters. The molecule has 140 valence electrons. The Morgan fingerprint density at radius 2 is 1.81 bits per heavy atom. The number of carbonyl (C=O) groups excluding carboxylic acids is 1. The molecule has 0 radical (unpaired) electrons. The van der Waals surface area contributed by atoms with E-state index in [1.165, 1.54) is 7.05 Å². The molecule has 0 aliphatic rings. The number of benzene rings is 2. The summed E-state index contributed by atoms with van der Waals surface area (Å²) in [6.07, 6.45) is 1.55. The molecule has 0 atom stereocenters. The van der Waals surface area contributed by atoms with Gasteiger partial charge in [-0.2, -0.15) is 4.31 Å². The van der Waals surface area contributed by atoms with Crippen molar-refractivity contribution < 1.29 is 13.2 Å². The fourth-order valence-electron chi connectivity index (χ4n) is 2.68. The topological polar surface area (TPSA) is 79.4 Å². The van der Waals surface area contributed by atoms with Crippen molar-refractivity contribution >= 4 is 32.5 Å². The Kier molecular flexibility index (Phi) is 5.25. The van der Waals surface area contributed by atoms with Crippen LogP contribution in [0, 0.1) is 13.8 Å². The second-order valence-electron chi connectivity index (χ2n) is 6.47. The van der Waals surface area contributed by atoms with Crippen LogP contribution in [0.2, 0.25) is 0 Å². The molecule has 3 rings (SSSR count). The fourth-order valence-corrected chi connectivity index (χ4v) is 3.89. The van der Waals surface area contributed by atoms with Gasteiger partial charge in [0.05, 0.1) is 28.8 Å². The van der Waals surface area contributed by atoms with Crippen molar-refractivity contribution in [3.05, 3.63) is 65.9 Å². The summed E-state index contributed by atoms with van der Waals surface area (Å²) in [5.41, 5.74) is 3.25. The number of rotatable bonds is 5. The van der Waals surface area contributed by atoms with Gasteiger partial charge >= 0.3 is 0 Å². The molecule has 1 amide bonds. The second kappa shape index (κ2) is 7.46. The number of aromatic nitrogens is 1. The van der Waals surface area contributed by atoms with Crippen LogP contribution in [0.15, 0.2) is 59.6 Å². The molecule has 0 spiro atoms. The minimum atomic E-state index is -3.74. The zero-order chi connectivity index (χ0) is 19.6. The van der Waals surface area contributed by atoms with Crippen molar-refractivity contribution in [3.63, 3.8) is 0 Å². The van der Waals surface area contributed by atoms with Gasteiger partial charge in [-0.3, -0.25) is 9.78 Å². The zero-order valence-corrected chi connectivity index (χ0v) is 16.2. The van der Waals surface area contributed by atoms with Crippen molar-refractivity contribution in [2.75, 3.05) is 18.9 Å². The molecule has 1 aromatic heterocycles. The SMILES string of the molecule is Cc1ccc(S(=O)(=O)N(C)CC(=O)Nc2cnc3ccccc3c2)cc1C. The van der Waals surface area contributed by atoms with Gasteiger partial charge in [0.25, 0.3) is 0 Å². The minimum Gasteiger partial charge on any atom is -0.324 e.